The molecule has 1 N–H and O–H groups in total. The minimum absolute atomic E-state index is 0.0796. The third kappa shape index (κ3) is 7.10. The Kier molecular flexibility index (Phi) is 6.97. The number of hydrogen-bond acceptors (Lipinski definition) is 4. The summed E-state index contributed by atoms with van der Waals surface area (Å²) >= 11 is 0. The van der Waals surface area contributed by atoms with E-state index >= 15 is 0 Å². The van der Waals surface area contributed by atoms with Gasteiger partial charge in [-0.25, -0.2) is 8.42 Å². The molecule has 0 aromatic carbocycles. The topological polar surface area (TPSA) is 80.3 Å². The number of rotatable bonds is 7. The monoisotopic (exact) mass is 289 g/mol. The van der Waals surface area contributed by atoms with Crippen LogP contribution in [0.5, 0.6) is 0 Å². The maximum Gasteiger partial charge on any atom is 0.220 e. The van der Waals surface area contributed by atoms with Crippen molar-refractivity contribution in [3.63, 3.8) is 0 Å². The highest BCUT2D eigenvalue weighted by Crippen LogP contribution is 2.15. The highest BCUT2D eigenvalue weighted by Gasteiger charge is 2.28. The summed E-state index contributed by atoms with van der Waals surface area (Å²) in [5.41, 5.74) is 0. The summed E-state index contributed by atoms with van der Waals surface area (Å²) in [6.07, 6.45) is 3.26. The zero-order valence-electron chi connectivity index (χ0n) is 12.0. The largest absolute Gasteiger partial charge is 0.355 e. The van der Waals surface area contributed by atoms with E-state index < -0.39 is 14.6 Å². The lowest BCUT2D eigenvalue weighted by Crippen LogP contribution is -2.36. The number of sulfone groups is 1. The van der Waals surface area contributed by atoms with Gasteiger partial charge in [0.2, 0.25) is 5.91 Å². The van der Waals surface area contributed by atoms with E-state index in [0.29, 0.717) is 0 Å². The molecule has 0 aromatic rings. The summed E-state index contributed by atoms with van der Waals surface area (Å²) in [6.45, 7) is 6.69. The molecule has 6 heteroatoms. The first-order valence-corrected chi connectivity index (χ1v) is 7.90. The SMILES string of the molecule is CC=CC(=O)CCC(=O)NCCS(=O)(=O)C(C)(C)C. The average Bonchev–Trinajstić information content (AvgIpc) is 2.25. The van der Waals surface area contributed by atoms with Crippen LogP contribution in [0.25, 0.3) is 0 Å². The average molecular weight is 289 g/mol. The van der Waals surface area contributed by atoms with Gasteiger partial charge in [0.05, 0.1) is 10.5 Å². The number of nitrogens with one attached hydrogen (secondary N) is 1. The molecule has 19 heavy (non-hydrogen) atoms. The van der Waals surface area contributed by atoms with Crippen LogP contribution in [-0.4, -0.2) is 37.2 Å². The predicted octanol–water partition coefficient (Wildman–Crippen LogP) is 1.24. The van der Waals surface area contributed by atoms with E-state index in [4.69, 9.17) is 0 Å². The van der Waals surface area contributed by atoms with Crippen LogP contribution < -0.4 is 5.32 Å². The molecule has 0 aliphatic heterocycles. The molecule has 0 aliphatic rings. The van der Waals surface area contributed by atoms with Gasteiger partial charge in [0.1, 0.15) is 0 Å². The molecule has 5 nitrogen and oxygen atoms in total. The highest BCUT2D eigenvalue weighted by molar-refractivity contribution is 7.92. The molecule has 0 saturated carbocycles. The Morgan fingerprint density at radius 2 is 1.74 bits per heavy atom. The molecule has 0 atom stereocenters. The highest BCUT2D eigenvalue weighted by atomic mass is 32.2. The molecule has 0 aliphatic carbocycles. The fraction of sp³-hybridized carbons (Fsp3) is 0.692. The lowest BCUT2D eigenvalue weighted by Gasteiger charge is -2.19. The van der Waals surface area contributed by atoms with Crippen LogP contribution in [0.1, 0.15) is 40.5 Å². The van der Waals surface area contributed by atoms with Gasteiger partial charge in [0.15, 0.2) is 15.6 Å². The molecule has 1 amide bonds. The second kappa shape index (κ2) is 7.43. The quantitative estimate of drug-likeness (QED) is 0.715. The third-order valence-corrected chi connectivity index (χ3v) is 5.18. The summed E-state index contributed by atoms with van der Waals surface area (Å²) in [7, 11) is -3.23. The molecule has 0 unspecified atom stereocenters. The number of allylic oxidation sites excluding steroid dienone is 2. The summed E-state index contributed by atoms with van der Waals surface area (Å²) in [6, 6.07) is 0. The molecule has 0 fully saturated rings. The van der Waals surface area contributed by atoms with Crippen molar-refractivity contribution in [2.45, 2.75) is 45.3 Å². The maximum atomic E-state index is 11.8. The minimum Gasteiger partial charge on any atom is -0.355 e. The van der Waals surface area contributed by atoms with Crippen molar-refractivity contribution in [2.24, 2.45) is 0 Å². The minimum atomic E-state index is -3.23. The number of ketones is 1. The van der Waals surface area contributed by atoms with Crippen molar-refractivity contribution in [2.75, 3.05) is 12.3 Å². The van der Waals surface area contributed by atoms with E-state index in [1.54, 1.807) is 33.8 Å². The van der Waals surface area contributed by atoms with E-state index in [9.17, 15) is 18.0 Å². The lowest BCUT2D eigenvalue weighted by molar-refractivity contribution is -0.123. The third-order valence-electron chi connectivity index (χ3n) is 2.58. The standard InChI is InChI=1S/C13H23NO4S/c1-5-6-11(15)7-8-12(16)14-9-10-19(17,18)13(2,3)4/h5-6H,7-10H2,1-4H3,(H,14,16). The Bertz CT molecular complexity index is 444. The van der Waals surface area contributed by atoms with Gasteiger partial charge in [-0.15, -0.1) is 0 Å². The normalized spacial score (nSPS) is 12.6. The predicted molar refractivity (Wildman–Crippen MR) is 75.6 cm³/mol. The van der Waals surface area contributed by atoms with Crippen LogP contribution in [-0.2, 0) is 19.4 Å². The molecular weight excluding hydrogens is 266 g/mol. The van der Waals surface area contributed by atoms with Crippen molar-refractivity contribution < 1.29 is 18.0 Å². The molecule has 0 heterocycles. The molecular formula is C13H23NO4S. The smallest absolute Gasteiger partial charge is 0.220 e. The second-order valence-electron chi connectivity index (χ2n) is 5.25. The fourth-order valence-corrected chi connectivity index (χ4v) is 2.21. The zero-order chi connectivity index (χ0) is 15.1. The van der Waals surface area contributed by atoms with E-state index in [1.165, 1.54) is 6.08 Å². The summed E-state index contributed by atoms with van der Waals surface area (Å²) in [5, 5.41) is 2.51. The van der Waals surface area contributed by atoms with Crippen LogP contribution in [0.3, 0.4) is 0 Å². The fourth-order valence-electron chi connectivity index (χ4n) is 1.23. The zero-order valence-corrected chi connectivity index (χ0v) is 12.8. The molecule has 0 bridgehead atoms. The van der Waals surface area contributed by atoms with Gasteiger partial charge in [-0.3, -0.25) is 9.59 Å². The van der Waals surface area contributed by atoms with Crippen LogP contribution >= 0.6 is 0 Å². The van der Waals surface area contributed by atoms with E-state index in [0.717, 1.165) is 0 Å². The van der Waals surface area contributed by atoms with Crippen LogP contribution in [0.2, 0.25) is 0 Å². The van der Waals surface area contributed by atoms with Gasteiger partial charge in [-0.05, 0) is 33.8 Å². The van der Waals surface area contributed by atoms with Crippen molar-refractivity contribution in [3.8, 4) is 0 Å². The Labute approximate surface area is 115 Å². The van der Waals surface area contributed by atoms with Gasteiger partial charge < -0.3 is 5.32 Å². The van der Waals surface area contributed by atoms with E-state index in [2.05, 4.69) is 5.32 Å². The Hall–Kier alpha value is -1.17. The summed E-state index contributed by atoms with van der Waals surface area (Å²) < 4.78 is 22.7. The Morgan fingerprint density at radius 3 is 2.21 bits per heavy atom. The van der Waals surface area contributed by atoms with Crippen molar-refractivity contribution in [3.05, 3.63) is 12.2 Å². The number of carbonyl (C=O) groups excluding carboxylic acids is 2. The van der Waals surface area contributed by atoms with Crippen LogP contribution in [0.15, 0.2) is 12.2 Å². The number of hydrogen-bond donors (Lipinski definition) is 1. The van der Waals surface area contributed by atoms with Gasteiger partial charge in [-0.1, -0.05) is 6.08 Å². The molecule has 0 saturated heterocycles. The van der Waals surface area contributed by atoms with Crippen molar-refractivity contribution in [1.82, 2.24) is 5.32 Å². The van der Waals surface area contributed by atoms with Gasteiger partial charge >= 0.3 is 0 Å². The molecule has 0 spiro atoms. The van der Waals surface area contributed by atoms with Crippen LogP contribution in [0, 0.1) is 0 Å². The van der Waals surface area contributed by atoms with E-state index in [1.807, 2.05) is 0 Å². The first-order chi connectivity index (χ1) is 8.60. The van der Waals surface area contributed by atoms with Crippen molar-refractivity contribution >= 4 is 21.5 Å². The van der Waals surface area contributed by atoms with Gasteiger partial charge in [0.25, 0.3) is 0 Å². The maximum absolute atomic E-state index is 11.8. The molecule has 0 rings (SSSR count). The number of carbonyl (C=O) groups is 2. The lowest BCUT2D eigenvalue weighted by atomic mass is 10.2. The summed E-state index contributed by atoms with van der Waals surface area (Å²) in [4.78, 5) is 22.6. The molecule has 0 radical (unpaired) electrons. The Morgan fingerprint density at radius 1 is 1.16 bits per heavy atom. The summed E-state index contributed by atoms with van der Waals surface area (Å²) in [5.74, 6) is -0.507. The molecule has 110 valence electrons. The van der Waals surface area contributed by atoms with Crippen molar-refractivity contribution in [1.29, 1.82) is 0 Å². The number of amides is 1. The first-order valence-electron chi connectivity index (χ1n) is 6.24. The first kappa shape index (κ1) is 17.8. The Balaban J connectivity index is 4.04. The van der Waals surface area contributed by atoms with Gasteiger partial charge in [-0.2, -0.15) is 0 Å². The van der Waals surface area contributed by atoms with E-state index in [-0.39, 0.29) is 36.8 Å². The van der Waals surface area contributed by atoms with Crippen LogP contribution in [0.4, 0.5) is 0 Å². The van der Waals surface area contributed by atoms with Gasteiger partial charge in [0, 0.05) is 19.4 Å². The molecule has 0 aromatic heterocycles. The second-order valence-corrected chi connectivity index (χ2v) is 8.11.